The number of halogens is 3. The predicted octanol–water partition coefficient (Wildman–Crippen LogP) is 7.28. The molecule has 2 aromatic heterocycles. The average molecular weight is 483 g/mol. The number of rotatable bonds is 5. The van der Waals surface area contributed by atoms with Gasteiger partial charge in [-0.2, -0.15) is 13.2 Å². The Morgan fingerprint density at radius 3 is 2.42 bits per heavy atom. The smallest absolute Gasteiger partial charge is 0.366 e. The number of thioether (sulfide) groups is 1. The molecule has 0 fully saturated rings. The first-order valence-electron chi connectivity index (χ1n) is 10.0. The Morgan fingerprint density at radius 2 is 1.76 bits per heavy atom. The van der Waals surface area contributed by atoms with Gasteiger partial charge in [-0.15, -0.1) is 11.3 Å². The third kappa shape index (κ3) is 4.24. The van der Waals surface area contributed by atoms with Crippen LogP contribution < -0.4 is 5.73 Å². The zero-order valence-corrected chi connectivity index (χ0v) is 18.7. The summed E-state index contributed by atoms with van der Waals surface area (Å²) in [7, 11) is 0. The third-order valence-electron chi connectivity index (χ3n) is 5.46. The van der Waals surface area contributed by atoms with Crippen molar-refractivity contribution in [2.24, 2.45) is 5.73 Å². The van der Waals surface area contributed by atoms with Crippen LogP contribution in [0.5, 0.6) is 0 Å². The highest BCUT2D eigenvalue weighted by Crippen LogP contribution is 2.38. The van der Waals surface area contributed by atoms with Crippen LogP contribution in [0, 0.1) is 0 Å². The number of benzene rings is 3. The minimum Gasteiger partial charge on any atom is -0.366 e. The summed E-state index contributed by atoms with van der Waals surface area (Å²) in [6.07, 6.45) is 0. The normalized spacial score (nSPS) is 12.0. The van der Waals surface area contributed by atoms with Gasteiger partial charge in [-0.25, -0.2) is 0 Å². The van der Waals surface area contributed by atoms with Gasteiger partial charge in [-0.05, 0) is 64.7 Å². The van der Waals surface area contributed by atoms with Gasteiger partial charge in [0.2, 0.25) is 5.91 Å². The van der Waals surface area contributed by atoms with Crippen LogP contribution in [0.15, 0.2) is 83.1 Å². The maximum atomic E-state index is 12.7. The van der Waals surface area contributed by atoms with Crippen molar-refractivity contribution in [1.29, 1.82) is 0 Å². The van der Waals surface area contributed by atoms with E-state index in [1.54, 1.807) is 35.6 Å². The number of hydrogen-bond acceptors (Lipinski definition) is 3. The molecule has 0 saturated carbocycles. The van der Waals surface area contributed by atoms with Gasteiger partial charge in [0.25, 0.3) is 0 Å². The maximum absolute atomic E-state index is 12.7. The van der Waals surface area contributed by atoms with Crippen LogP contribution >= 0.6 is 23.1 Å². The molecule has 166 valence electrons. The van der Waals surface area contributed by atoms with E-state index in [9.17, 15) is 18.0 Å². The number of primary amides is 1. The number of nitrogens with zero attached hydrogens (tertiary/aromatic N) is 1. The van der Waals surface area contributed by atoms with E-state index in [2.05, 4.69) is 10.6 Å². The molecule has 2 heterocycles. The molecule has 5 aromatic rings. The second-order valence-corrected chi connectivity index (χ2v) is 9.64. The summed E-state index contributed by atoms with van der Waals surface area (Å²) >= 11 is 1.51. The van der Waals surface area contributed by atoms with Gasteiger partial charge in [-0.3, -0.25) is 4.79 Å². The van der Waals surface area contributed by atoms with Crippen molar-refractivity contribution in [3.05, 3.63) is 89.3 Å². The van der Waals surface area contributed by atoms with Crippen LogP contribution in [-0.2, 0) is 6.54 Å². The number of nitrogens with two attached hydrogens (primary N) is 1. The number of alkyl halides is 3. The largest absolute Gasteiger partial charge is 0.446 e. The first-order valence-corrected chi connectivity index (χ1v) is 11.7. The standard InChI is InChI=1S/C25H17F3N2OS2/c26-25(27,28)33-17-9-6-15(7-10-17)14-30-20-4-1-3-19(24(29)31)23(20)18-11-8-16(13-21(18)30)22-5-2-12-32-22/h1-13H,14H2,(H2,29,31). The molecule has 0 saturated heterocycles. The fraction of sp³-hybridized carbons (Fsp3) is 0.0800. The molecule has 0 unspecified atom stereocenters. The highest BCUT2D eigenvalue weighted by Gasteiger charge is 2.29. The van der Waals surface area contributed by atoms with E-state index in [0.29, 0.717) is 12.1 Å². The molecule has 0 aliphatic heterocycles. The first-order chi connectivity index (χ1) is 15.8. The highest BCUT2D eigenvalue weighted by atomic mass is 32.2. The lowest BCUT2D eigenvalue weighted by molar-refractivity contribution is -0.0328. The summed E-state index contributed by atoms with van der Waals surface area (Å²) in [5.41, 5.74) is 5.47. The fourth-order valence-corrected chi connectivity index (χ4v) is 5.36. The van der Waals surface area contributed by atoms with E-state index in [-0.39, 0.29) is 16.7 Å². The van der Waals surface area contributed by atoms with Crippen LogP contribution in [0.3, 0.4) is 0 Å². The molecule has 0 atom stereocenters. The number of fused-ring (bicyclic) bond motifs is 3. The van der Waals surface area contributed by atoms with Crippen molar-refractivity contribution in [2.45, 2.75) is 16.9 Å². The van der Waals surface area contributed by atoms with E-state index >= 15 is 0 Å². The molecular formula is C25H17F3N2OS2. The van der Waals surface area contributed by atoms with E-state index in [1.807, 2.05) is 35.7 Å². The van der Waals surface area contributed by atoms with Gasteiger partial charge < -0.3 is 10.3 Å². The van der Waals surface area contributed by atoms with Gasteiger partial charge in [0, 0.05) is 32.7 Å². The summed E-state index contributed by atoms with van der Waals surface area (Å²) in [5, 5.41) is 3.70. The second kappa shape index (κ2) is 8.28. The molecule has 8 heteroatoms. The summed E-state index contributed by atoms with van der Waals surface area (Å²) in [4.78, 5) is 13.4. The number of thiophene rings is 1. The van der Waals surface area contributed by atoms with Crippen LogP contribution in [0.2, 0.25) is 0 Å². The molecule has 3 aromatic carbocycles. The van der Waals surface area contributed by atoms with E-state index in [1.165, 1.54) is 12.1 Å². The molecule has 0 radical (unpaired) electrons. The Morgan fingerprint density at radius 1 is 0.970 bits per heavy atom. The second-order valence-electron chi connectivity index (χ2n) is 7.55. The lowest BCUT2D eigenvalue weighted by atomic mass is 10.0. The monoisotopic (exact) mass is 482 g/mol. The van der Waals surface area contributed by atoms with Gasteiger partial charge in [-0.1, -0.05) is 36.4 Å². The number of carbonyl (C=O) groups excluding carboxylic acids is 1. The molecule has 0 spiro atoms. The van der Waals surface area contributed by atoms with Crippen molar-refractivity contribution in [3.8, 4) is 10.4 Å². The van der Waals surface area contributed by atoms with Gasteiger partial charge in [0.05, 0.1) is 11.0 Å². The Bertz CT molecular complexity index is 1470. The molecule has 3 nitrogen and oxygen atoms in total. The van der Waals surface area contributed by atoms with Crippen molar-refractivity contribution < 1.29 is 18.0 Å². The fourth-order valence-electron chi connectivity index (χ4n) is 4.10. The first kappa shape index (κ1) is 21.6. The molecule has 2 N–H and O–H groups in total. The summed E-state index contributed by atoms with van der Waals surface area (Å²) < 4.78 is 40.1. The Hall–Kier alpha value is -3.23. The Labute approximate surface area is 195 Å². The summed E-state index contributed by atoms with van der Waals surface area (Å²) in [6.45, 7) is 0.438. The number of hydrogen-bond donors (Lipinski definition) is 1. The van der Waals surface area contributed by atoms with Gasteiger partial charge in [0.1, 0.15) is 0 Å². The number of carbonyl (C=O) groups is 1. The molecule has 0 aliphatic rings. The predicted molar refractivity (Wildman–Crippen MR) is 129 cm³/mol. The van der Waals surface area contributed by atoms with Crippen molar-refractivity contribution in [3.63, 3.8) is 0 Å². The van der Waals surface area contributed by atoms with Crippen LogP contribution in [0.4, 0.5) is 13.2 Å². The van der Waals surface area contributed by atoms with Gasteiger partial charge in [0.15, 0.2) is 0 Å². The van der Waals surface area contributed by atoms with Crippen LogP contribution in [-0.4, -0.2) is 16.0 Å². The average Bonchev–Trinajstić information content (AvgIpc) is 3.41. The zero-order chi connectivity index (χ0) is 23.2. The van der Waals surface area contributed by atoms with Crippen LogP contribution in [0.25, 0.3) is 32.2 Å². The SMILES string of the molecule is NC(=O)c1cccc2c1c1ccc(-c3cccs3)cc1n2Cc1ccc(SC(F)(F)F)cc1. The quantitative estimate of drug-likeness (QED) is 0.268. The molecule has 33 heavy (non-hydrogen) atoms. The number of amides is 1. The third-order valence-corrected chi connectivity index (χ3v) is 7.12. The molecule has 5 rings (SSSR count). The highest BCUT2D eigenvalue weighted by molar-refractivity contribution is 8.00. The van der Waals surface area contributed by atoms with E-state index in [0.717, 1.165) is 37.8 Å². The molecule has 0 bridgehead atoms. The number of aromatic nitrogens is 1. The van der Waals surface area contributed by atoms with Crippen molar-refractivity contribution >= 4 is 50.8 Å². The van der Waals surface area contributed by atoms with Crippen molar-refractivity contribution in [1.82, 2.24) is 4.57 Å². The maximum Gasteiger partial charge on any atom is 0.446 e. The summed E-state index contributed by atoms with van der Waals surface area (Å²) in [5.74, 6) is -0.504. The summed E-state index contributed by atoms with van der Waals surface area (Å²) in [6, 6.07) is 21.9. The lowest BCUT2D eigenvalue weighted by Gasteiger charge is -2.10. The van der Waals surface area contributed by atoms with E-state index < -0.39 is 11.4 Å². The van der Waals surface area contributed by atoms with E-state index in [4.69, 9.17) is 5.73 Å². The molecular weight excluding hydrogens is 465 g/mol. The molecule has 1 amide bonds. The Balaban J connectivity index is 1.66. The minimum atomic E-state index is -4.32. The minimum absolute atomic E-state index is 0.129. The van der Waals surface area contributed by atoms with Crippen molar-refractivity contribution in [2.75, 3.05) is 0 Å². The van der Waals surface area contributed by atoms with Gasteiger partial charge >= 0.3 is 5.51 Å². The topological polar surface area (TPSA) is 48.0 Å². The Kier molecular flexibility index (Phi) is 5.42. The zero-order valence-electron chi connectivity index (χ0n) is 17.1. The molecule has 0 aliphatic carbocycles. The van der Waals surface area contributed by atoms with Crippen LogP contribution in [0.1, 0.15) is 15.9 Å². The lowest BCUT2D eigenvalue weighted by Crippen LogP contribution is -2.11.